The summed E-state index contributed by atoms with van der Waals surface area (Å²) in [5.74, 6) is -3.42. The van der Waals surface area contributed by atoms with Gasteiger partial charge in [-0.05, 0) is 17.7 Å². The Kier molecular flexibility index (Phi) is 8.11. The minimum atomic E-state index is -1.82. The number of nitrogens with zero attached hydrogens (tertiary/aromatic N) is 3. The van der Waals surface area contributed by atoms with Crippen LogP contribution in [0.2, 0.25) is 0 Å². The highest BCUT2D eigenvalue weighted by Crippen LogP contribution is 2.09. The number of piperazine rings is 1. The van der Waals surface area contributed by atoms with E-state index in [-0.39, 0.29) is 5.91 Å². The van der Waals surface area contributed by atoms with E-state index in [0.29, 0.717) is 6.42 Å². The predicted octanol–water partition coefficient (Wildman–Crippen LogP) is 1.12. The molecule has 1 aliphatic rings. The van der Waals surface area contributed by atoms with Crippen molar-refractivity contribution in [2.24, 2.45) is 0 Å². The second-order valence-corrected chi connectivity index (χ2v) is 6.25. The third-order valence-corrected chi connectivity index (χ3v) is 4.22. The number of aromatic nitrogens is 1. The number of carboxylic acids is 2. The van der Waals surface area contributed by atoms with Crippen molar-refractivity contribution in [3.8, 4) is 0 Å². The summed E-state index contributed by atoms with van der Waals surface area (Å²) in [5, 5.41) is 14.8. The molecule has 1 fully saturated rings. The molecule has 8 nitrogen and oxygen atoms in total. The van der Waals surface area contributed by atoms with Crippen LogP contribution in [-0.2, 0) is 27.3 Å². The molecule has 0 aliphatic carbocycles. The summed E-state index contributed by atoms with van der Waals surface area (Å²) in [6.45, 7) is 4.30. The fraction of sp³-hybridized carbons (Fsp3) is 0.300. The summed E-state index contributed by atoms with van der Waals surface area (Å²) in [5.41, 5.74) is 2.18. The molecule has 148 valence electrons. The number of amides is 1. The Morgan fingerprint density at radius 1 is 0.857 bits per heavy atom. The maximum absolute atomic E-state index is 12.3. The number of hydrogen-bond acceptors (Lipinski definition) is 5. The molecule has 2 aromatic rings. The first-order valence-electron chi connectivity index (χ1n) is 8.86. The molecular weight excluding hydrogens is 362 g/mol. The van der Waals surface area contributed by atoms with Crippen LogP contribution in [0.15, 0.2) is 54.7 Å². The lowest BCUT2D eigenvalue weighted by atomic mass is 10.1. The molecule has 1 amide bonds. The molecule has 28 heavy (non-hydrogen) atoms. The van der Waals surface area contributed by atoms with Gasteiger partial charge in [-0.25, -0.2) is 9.59 Å². The van der Waals surface area contributed by atoms with Crippen molar-refractivity contribution in [1.82, 2.24) is 14.8 Å². The summed E-state index contributed by atoms with van der Waals surface area (Å²) >= 11 is 0. The van der Waals surface area contributed by atoms with Crippen molar-refractivity contribution in [2.75, 3.05) is 26.2 Å². The number of aliphatic carboxylic acids is 2. The normalized spacial score (nSPS) is 13.9. The summed E-state index contributed by atoms with van der Waals surface area (Å²) in [7, 11) is 0. The average Bonchev–Trinajstić information content (AvgIpc) is 2.70. The molecule has 0 bridgehead atoms. The Morgan fingerprint density at radius 2 is 1.46 bits per heavy atom. The highest BCUT2D eigenvalue weighted by molar-refractivity contribution is 6.27. The lowest BCUT2D eigenvalue weighted by molar-refractivity contribution is -0.159. The highest BCUT2D eigenvalue weighted by atomic mass is 16.4. The minimum Gasteiger partial charge on any atom is -0.473 e. The van der Waals surface area contributed by atoms with Crippen molar-refractivity contribution in [3.05, 3.63) is 66.0 Å². The summed E-state index contributed by atoms with van der Waals surface area (Å²) < 4.78 is 0. The monoisotopic (exact) mass is 385 g/mol. The van der Waals surface area contributed by atoms with E-state index < -0.39 is 11.9 Å². The van der Waals surface area contributed by atoms with Gasteiger partial charge in [0.25, 0.3) is 0 Å². The van der Waals surface area contributed by atoms with Crippen LogP contribution in [0.1, 0.15) is 11.3 Å². The number of pyridine rings is 1. The Labute approximate surface area is 163 Å². The van der Waals surface area contributed by atoms with Gasteiger partial charge in [0.2, 0.25) is 5.91 Å². The average molecular weight is 385 g/mol. The number of hydrogen-bond donors (Lipinski definition) is 2. The van der Waals surface area contributed by atoms with Crippen LogP contribution < -0.4 is 0 Å². The van der Waals surface area contributed by atoms with Crippen LogP contribution in [0.4, 0.5) is 0 Å². The SMILES string of the molecule is O=C(Cc1ccccc1)N1CCN(Cc2ccccn2)CC1.O=C(O)C(=O)O. The standard InChI is InChI=1S/C18H21N3O.C2H2O4/c22-18(14-16-6-2-1-3-7-16)21-12-10-20(11-13-21)15-17-8-4-5-9-19-17;3-1(4)2(5)6/h1-9H,10-15H2;(H,3,4)(H,5,6). The van der Waals surface area contributed by atoms with Gasteiger partial charge in [-0.15, -0.1) is 0 Å². The van der Waals surface area contributed by atoms with Gasteiger partial charge in [0.15, 0.2) is 0 Å². The fourth-order valence-corrected chi connectivity index (χ4v) is 2.76. The Morgan fingerprint density at radius 3 is 2.00 bits per heavy atom. The number of carboxylic acid groups (broad SMARTS) is 2. The zero-order valence-electron chi connectivity index (χ0n) is 15.4. The molecule has 1 aromatic heterocycles. The minimum absolute atomic E-state index is 0.226. The maximum Gasteiger partial charge on any atom is 0.414 e. The molecule has 1 saturated heterocycles. The molecule has 2 heterocycles. The van der Waals surface area contributed by atoms with Gasteiger partial charge in [-0.1, -0.05) is 36.4 Å². The Hall–Kier alpha value is -3.26. The molecule has 3 rings (SSSR count). The van der Waals surface area contributed by atoms with E-state index in [2.05, 4.69) is 9.88 Å². The van der Waals surface area contributed by atoms with Crippen LogP contribution in [-0.4, -0.2) is 69.0 Å². The second-order valence-electron chi connectivity index (χ2n) is 6.25. The van der Waals surface area contributed by atoms with Crippen LogP contribution in [0.3, 0.4) is 0 Å². The number of benzene rings is 1. The summed E-state index contributed by atoms with van der Waals surface area (Å²) in [6.07, 6.45) is 2.33. The zero-order chi connectivity index (χ0) is 20.4. The van der Waals surface area contributed by atoms with Gasteiger partial charge >= 0.3 is 11.9 Å². The van der Waals surface area contributed by atoms with Crippen LogP contribution in [0.5, 0.6) is 0 Å². The molecule has 8 heteroatoms. The maximum atomic E-state index is 12.3. The van der Waals surface area contributed by atoms with Crippen molar-refractivity contribution in [2.45, 2.75) is 13.0 Å². The van der Waals surface area contributed by atoms with E-state index >= 15 is 0 Å². The van der Waals surface area contributed by atoms with E-state index in [9.17, 15) is 4.79 Å². The molecule has 0 saturated carbocycles. The first-order chi connectivity index (χ1) is 13.5. The Bertz CT molecular complexity index is 763. The van der Waals surface area contributed by atoms with Gasteiger partial charge in [-0.2, -0.15) is 0 Å². The lowest BCUT2D eigenvalue weighted by Crippen LogP contribution is -2.48. The highest BCUT2D eigenvalue weighted by Gasteiger charge is 2.21. The molecule has 0 spiro atoms. The van der Waals surface area contributed by atoms with E-state index in [1.54, 1.807) is 0 Å². The zero-order valence-corrected chi connectivity index (χ0v) is 15.4. The first-order valence-corrected chi connectivity index (χ1v) is 8.86. The van der Waals surface area contributed by atoms with E-state index in [0.717, 1.165) is 44.0 Å². The van der Waals surface area contributed by atoms with Crippen LogP contribution in [0, 0.1) is 0 Å². The number of carbonyl (C=O) groups excluding carboxylic acids is 1. The largest absolute Gasteiger partial charge is 0.473 e. The molecule has 0 atom stereocenters. The second kappa shape index (κ2) is 10.8. The van der Waals surface area contributed by atoms with Crippen molar-refractivity contribution in [1.29, 1.82) is 0 Å². The fourth-order valence-electron chi connectivity index (χ4n) is 2.76. The smallest absolute Gasteiger partial charge is 0.414 e. The van der Waals surface area contributed by atoms with E-state index in [1.807, 2.05) is 59.6 Å². The Balaban J connectivity index is 0.000000409. The molecule has 0 unspecified atom stereocenters. The van der Waals surface area contributed by atoms with Crippen LogP contribution in [0.25, 0.3) is 0 Å². The predicted molar refractivity (Wildman–Crippen MR) is 102 cm³/mol. The summed E-state index contributed by atoms with van der Waals surface area (Å²) in [4.78, 5) is 39.2. The third-order valence-electron chi connectivity index (χ3n) is 4.22. The van der Waals surface area contributed by atoms with Crippen molar-refractivity contribution >= 4 is 17.8 Å². The molecule has 0 radical (unpaired) electrons. The van der Waals surface area contributed by atoms with Gasteiger partial charge < -0.3 is 15.1 Å². The lowest BCUT2D eigenvalue weighted by Gasteiger charge is -2.34. The molecular formula is C20H23N3O5. The number of carbonyl (C=O) groups is 3. The van der Waals surface area contributed by atoms with Crippen molar-refractivity contribution < 1.29 is 24.6 Å². The first kappa shape index (κ1) is 21.0. The van der Waals surface area contributed by atoms with Gasteiger partial charge in [0.1, 0.15) is 0 Å². The van der Waals surface area contributed by atoms with Gasteiger partial charge in [0.05, 0.1) is 12.1 Å². The van der Waals surface area contributed by atoms with Crippen molar-refractivity contribution in [3.63, 3.8) is 0 Å². The quantitative estimate of drug-likeness (QED) is 0.759. The number of rotatable bonds is 4. The molecule has 1 aromatic carbocycles. The molecule has 2 N–H and O–H groups in total. The van der Waals surface area contributed by atoms with Gasteiger partial charge in [-0.3, -0.25) is 14.7 Å². The van der Waals surface area contributed by atoms with E-state index in [4.69, 9.17) is 19.8 Å². The van der Waals surface area contributed by atoms with Crippen LogP contribution >= 0.6 is 0 Å². The third kappa shape index (κ3) is 7.16. The topological polar surface area (TPSA) is 111 Å². The van der Waals surface area contributed by atoms with E-state index in [1.165, 1.54) is 0 Å². The van der Waals surface area contributed by atoms with Gasteiger partial charge in [0, 0.05) is 38.9 Å². The molecule has 1 aliphatic heterocycles. The summed E-state index contributed by atoms with van der Waals surface area (Å²) in [6, 6.07) is 16.0.